The molecular weight excluding hydrogens is 304 g/mol. The van der Waals surface area contributed by atoms with E-state index < -0.39 is 10.0 Å². The summed E-state index contributed by atoms with van der Waals surface area (Å²) in [5, 5.41) is 5.04. The number of benzene rings is 1. The van der Waals surface area contributed by atoms with Crippen LogP contribution in [0, 0.1) is 5.92 Å². The fourth-order valence-corrected chi connectivity index (χ4v) is 3.54. The average molecular weight is 326 g/mol. The number of amides is 1. The molecule has 6 nitrogen and oxygen atoms in total. The minimum Gasteiger partial charge on any atom is -0.494 e. The molecule has 1 aromatic carbocycles. The van der Waals surface area contributed by atoms with Crippen LogP contribution in [0.25, 0.3) is 0 Å². The smallest absolute Gasteiger partial charge is 0.222 e. The number of rotatable bonds is 7. The van der Waals surface area contributed by atoms with Gasteiger partial charge in [0.1, 0.15) is 5.75 Å². The van der Waals surface area contributed by atoms with Gasteiger partial charge in [-0.15, -0.1) is 0 Å². The number of hydrogen-bond acceptors (Lipinski definition) is 4. The van der Waals surface area contributed by atoms with E-state index in [-0.39, 0.29) is 17.6 Å². The predicted molar refractivity (Wildman–Crippen MR) is 83.8 cm³/mol. The van der Waals surface area contributed by atoms with Crippen LogP contribution in [0.5, 0.6) is 5.75 Å². The van der Waals surface area contributed by atoms with E-state index in [0.717, 1.165) is 5.75 Å². The van der Waals surface area contributed by atoms with Gasteiger partial charge in [0.2, 0.25) is 15.9 Å². The van der Waals surface area contributed by atoms with Crippen molar-refractivity contribution in [1.29, 1.82) is 0 Å². The Kier molecular flexibility index (Phi) is 5.79. The zero-order valence-corrected chi connectivity index (χ0v) is 13.3. The molecule has 0 saturated carbocycles. The van der Waals surface area contributed by atoms with Gasteiger partial charge in [-0.3, -0.25) is 4.79 Å². The highest BCUT2D eigenvalue weighted by molar-refractivity contribution is 7.89. The van der Waals surface area contributed by atoms with Crippen molar-refractivity contribution in [2.45, 2.75) is 19.3 Å². The molecule has 0 radical (unpaired) electrons. The summed E-state index contributed by atoms with van der Waals surface area (Å²) in [6, 6.07) is 9.47. The molecule has 1 amide bonds. The third-order valence-corrected chi connectivity index (χ3v) is 4.59. The zero-order valence-electron chi connectivity index (χ0n) is 12.5. The van der Waals surface area contributed by atoms with Gasteiger partial charge in [0.15, 0.2) is 0 Å². The Morgan fingerprint density at radius 1 is 1.32 bits per heavy atom. The number of carbonyl (C=O) groups is 1. The number of sulfonamides is 1. The van der Waals surface area contributed by atoms with Gasteiger partial charge in [0.25, 0.3) is 0 Å². The molecule has 2 N–H and O–H groups in total. The van der Waals surface area contributed by atoms with Crippen LogP contribution < -0.4 is 9.88 Å². The molecule has 1 aliphatic heterocycles. The Morgan fingerprint density at radius 2 is 2.05 bits per heavy atom. The first-order valence-corrected chi connectivity index (χ1v) is 9.12. The maximum absolute atomic E-state index is 12.1. The van der Waals surface area contributed by atoms with Crippen molar-refractivity contribution in [1.82, 2.24) is 4.90 Å². The molecule has 1 saturated heterocycles. The number of hydrogen-bond donors (Lipinski definition) is 1. The summed E-state index contributed by atoms with van der Waals surface area (Å²) >= 11 is 0. The summed E-state index contributed by atoms with van der Waals surface area (Å²) in [5.74, 6) is 0.755. The first kappa shape index (κ1) is 16.8. The standard InChI is InChI=1S/C15H22N2O4S/c16-22(19,20)12-13-8-9-17(11-13)15(18)7-4-10-21-14-5-2-1-3-6-14/h1-3,5-6,13H,4,7-12H2,(H2,16,19,20)/t13-/m1/s1. The van der Waals surface area contributed by atoms with E-state index in [1.807, 2.05) is 30.3 Å². The van der Waals surface area contributed by atoms with Crippen molar-refractivity contribution in [3.8, 4) is 5.75 Å². The SMILES string of the molecule is NS(=O)(=O)C[C@@H]1CCN(C(=O)CCCOc2ccccc2)C1. The minimum absolute atomic E-state index is 0.0421. The van der Waals surface area contributed by atoms with E-state index >= 15 is 0 Å². The van der Waals surface area contributed by atoms with Crippen LogP contribution in [0.15, 0.2) is 30.3 Å². The van der Waals surface area contributed by atoms with Crippen LogP contribution >= 0.6 is 0 Å². The van der Waals surface area contributed by atoms with E-state index in [9.17, 15) is 13.2 Å². The first-order chi connectivity index (χ1) is 10.4. The number of nitrogens with zero attached hydrogens (tertiary/aromatic N) is 1. The van der Waals surface area contributed by atoms with Crippen molar-refractivity contribution < 1.29 is 17.9 Å². The van der Waals surface area contributed by atoms with E-state index in [1.54, 1.807) is 4.90 Å². The summed E-state index contributed by atoms with van der Waals surface area (Å²) in [6.07, 6.45) is 1.75. The fourth-order valence-electron chi connectivity index (χ4n) is 2.61. The number of carbonyl (C=O) groups excluding carboxylic acids is 1. The monoisotopic (exact) mass is 326 g/mol. The third-order valence-electron chi connectivity index (χ3n) is 3.65. The highest BCUT2D eigenvalue weighted by Gasteiger charge is 2.28. The normalized spacial score (nSPS) is 18.4. The van der Waals surface area contributed by atoms with Crippen LogP contribution in [0.1, 0.15) is 19.3 Å². The van der Waals surface area contributed by atoms with E-state index in [0.29, 0.717) is 39.0 Å². The lowest BCUT2D eigenvalue weighted by Gasteiger charge is -2.16. The van der Waals surface area contributed by atoms with Gasteiger partial charge in [-0.05, 0) is 30.9 Å². The van der Waals surface area contributed by atoms with Gasteiger partial charge in [0.05, 0.1) is 12.4 Å². The summed E-state index contributed by atoms with van der Waals surface area (Å²) in [4.78, 5) is 13.8. The van der Waals surface area contributed by atoms with Crippen molar-refractivity contribution in [3.63, 3.8) is 0 Å². The lowest BCUT2D eigenvalue weighted by atomic mass is 10.2. The first-order valence-electron chi connectivity index (χ1n) is 7.40. The number of para-hydroxylation sites is 1. The Hall–Kier alpha value is -1.60. The number of ether oxygens (including phenoxy) is 1. The molecule has 1 aromatic rings. The molecule has 0 bridgehead atoms. The number of primary sulfonamides is 1. The molecule has 0 aromatic heterocycles. The van der Waals surface area contributed by atoms with Crippen molar-refractivity contribution in [2.75, 3.05) is 25.4 Å². The summed E-state index contributed by atoms with van der Waals surface area (Å²) in [6.45, 7) is 1.58. The maximum Gasteiger partial charge on any atom is 0.222 e. The van der Waals surface area contributed by atoms with Crippen LogP contribution in [-0.2, 0) is 14.8 Å². The van der Waals surface area contributed by atoms with Crippen LogP contribution in [-0.4, -0.2) is 44.7 Å². The topological polar surface area (TPSA) is 89.7 Å². The number of likely N-dealkylation sites (tertiary alicyclic amines) is 1. The van der Waals surface area contributed by atoms with Gasteiger partial charge in [-0.2, -0.15) is 0 Å². The Labute approximate surface area is 131 Å². The average Bonchev–Trinajstić information content (AvgIpc) is 2.91. The van der Waals surface area contributed by atoms with Crippen LogP contribution in [0.3, 0.4) is 0 Å². The van der Waals surface area contributed by atoms with E-state index in [2.05, 4.69) is 0 Å². The molecule has 22 heavy (non-hydrogen) atoms. The highest BCUT2D eigenvalue weighted by atomic mass is 32.2. The Bertz CT molecular complexity index is 589. The lowest BCUT2D eigenvalue weighted by molar-refractivity contribution is -0.130. The van der Waals surface area contributed by atoms with Crippen molar-refractivity contribution >= 4 is 15.9 Å². The highest BCUT2D eigenvalue weighted by Crippen LogP contribution is 2.18. The van der Waals surface area contributed by atoms with Gasteiger partial charge in [-0.1, -0.05) is 18.2 Å². The molecular formula is C15H22N2O4S. The second-order valence-corrected chi connectivity index (χ2v) is 7.25. The van der Waals surface area contributed by atoms with Crippen LogP contribution in [0.4, 0.5) is 0 Å². The van der Waals surface area contributed by atoms with Gasteiger partial charge in [-0.25, -0.2) is 13.6 Å². The Balaban J connectivity index is 1.66. The van der Waals surface area contributed by atoms with Crippen LogP contribution in [0.2, 0.25) is 0 Å². The van der Waals surface area contributed by atoms with Gasteiger partial charge < -0.3 is 9.64 Å². The summed E-state index contributed by atoms with van der Waals surface area (Å²) in [5.41, 5.74) is 0. The van der Waals surface area contributed by atoms with Crippen molar-refractivity contribution in [2.24, 2.45) is 11.1 Å². The summed E-state index contributed by atoms with van der Waals surface area (Å²) < 4.78 is 27.7. The largest absolute Gasteiger partial charge is 0.494 e. The second kappa shape index (κ2) is 7.60. The van der Waals surface area contributed by atoms with E-state index in [4.69, 9.17) is 9.88 Å². The fraction of sp³-hybridized carbons (Fsp3) is 0.533. The maximum atomic E-state index is 12.1. The predicted octanol–water partition coefficient (Wildman–Crippen LogP) is 0.983. The molecule has 0 unspecified atom stereocenters. The van der Waals surface area contributed by atoms with Crippen molar-refractivity contribution in [3.05, 3.63) is 30.3 Å². The molecule has 0 spiro atoms. The molecule has 2 rings (SSSR count). The zero-order chi connectivity index (χ0) is 16.0. The second-order valence-electron chi connectivity index (χ2n) is 5.59. The molecule has 1 fully saturated rings. The van der Waals surface area contributed by atoms with Gasteiger partial charge in [0, 0.05) is 19.5 Å². The quantitative estimate of drug-likeness (QED) is 0.756. The number of nitrogens with two attached hydrogens (primary N) is 1. The molecule has 1 aliphatic rings. The van der Waals surface area contributed by atoms with Gasteiger partial charge >= 0.3 is 0 Å². The summed E-state index contributed by atoms with van der Waals surface area (Å²) in [7, 11) is -3.47. The molecule has 122 valence electrons. The molecule has 1 atom stereocenters. The molecule has 7 heteroatoms. The molecule has 1 heterocycles. The lowest BCUT2D eigenvalue weighted by Crippen LogP contribution is -2.30. The Morgan fingerprint density at radius 3 is 2.73 bits per heavy atom. The minimum atomic E-state index is -3.47. The third kappa shape index (κ3) is 5.65. The van der Waals surface area contributed by atoms with E-state index in [1.165, 1.54) is 0 Å². The molecule has 0 aliphatic carbocycles.